The first-order valence-electron chi connectivity index (χ1n) is 7.01. The number of hydrogen-bond acceptors (Lipinski definition) is 2. The summed E-state index contributed by atoms with van der Waals surface area (Å²) in [7, 11) is 0. The molecule has 0 bridgehead atoms. The van der Waals surface area contributed by atoms with Crippen LogP contribution in [-0.4, -0.2) is 20.5 Å². The molecule has 0 aliphatic heterocycles. The number of rotatable bonds is 5. The highest BCUT2D eigenvalue weighted by molar-refractivity contribution is 6.31. The molecule has 0 amide bonds. The van der Waals surface area contributed by atoms with Gasteiger partial charge in [-0.2, -0.15) is 5.10 Å². The van der Waals surface area contributed by atoms with Gasteiger partial charge in [0, 0.05) is 19.4 Å². The fraction of sp³-hybridized carbons (Fsp3) is 0.438. The Morgan fingerprint density at radius 2 is 2.10 bits per heavy atom. The minimum absolute atomic E-state index is 0.296. The van der Waals surface area contributed by atoms with Crippen LogP contribution in [-0.2, 0) is 19.4 Å². The van der Waals surface area contributed by atoms with E-state index in [1.165, 1.54) is 12.1 Å². The van der Waals surface area contributed by atoms with Gasteiger partial charge >= 0.3 is 0 Å². The van der Waals surface area contributed by atoms with E-state index in [0.717, 1.165) is 17.0 Å². The molecule has 0 spiro atoms. The number of benzene rings is 1. The molecule has 2 rings (SSSR count). The monoisotopic (exact) mass is 310 g/mol. The van der Waals surface area contributed by atoms with E-state index in [4.69, 9.17) is 11.6 Å². The highest BCUT2D eigenvalue weighted by Gasteiger charge is 2.26. The van der Waals surface area contributed by atoms with Crippen LogP contribution in [0.5, 0.6) is 0 Å². The fourth-order valence-electron chi connectivity index (χ4n) is 2.55. The molecule has 0 saturated carbocycles. The van der Waals surface area contributed by atoms with Gasteiger partial charge in [-0.1, -0.05) is 23.7 Å². The Morgan fingerprint density at radius 3 is 2.71 bits per heavy atom. The summed E-state index contributed by atoms with van der Waals surface area (Å²) in [5.41, 5.74) is 1.32. The van der Waals surface area contributed by atoms with Crippen molar-refractivity contribution in [3.05, 3.63) is 52.1 Å². The fourth-order valence-corrected chi connectivity index (χ4v) is 2.75. The van der Waals surface area contributed by atoms with E-state index >= 15 is 0 Å². The molecule has 0 aliphatic carbocycles. The van der Waals surface area contributed by atoms with Gasteiger partial charge in [0.15, 0.2) is 0 Å². The minimum atomic E-state index is -1.02. The normalized spacial score (nSPS) is 14.2. The Kier molecular flexibility index (Phi) is 4.69. The highest BCUT2D eigenvalue weighted by atomic mass is 35.5. The van der Waals surface area contributed by atoms with Gasteiger partial charge < -0.3 is 5.11 Å². The van der Waals surface area contributed by atoms with Crippen molar-refractivity contribution in [1.29, 1.82) is 0 Å². The van der Waals surface area contributed by atoms with Crippen molar-refractivity contribution in [3.8, 4) is 0 Å². The van der Waals surface area contributed by atoms with Crippen molar-refractivity contribution in [1.82, 2.24) is 9.78 Å². The second-order valence-corrected chi connectivity index (χ2v) is 6.02. The summed E-state index contributed by atoms with van der Waals surface area (Å²) in [6, 6.07) is 6.29. The molecular weight excluding hydrogens is 291 g/mol. The first-order valence-corrected chi connectivity index (χ1v) is 7.39. The summed E-state index contributed by atoms with van der Waals surface area (Å²) in [6.07, 6.45) is 0.728. The summed E-state index contributed by atoms with van der Waals surface area (Å²) >= 11 is 6.27. The summed E-state index contributed by atoms with van der Waals surface area (Å²) in [5.74, 6) is -0.296. The summed E-state index contributed by atoms with van der Waals surface area (Å²) < 4.78 is 15.0. The van der Waals surface area contributed by atoms with Crippen molar-refractivity contribution >= 4 is 11.6 Å². The lowest BCUT2D eigenvalue weighted by Crippen LogP contribution is -2.31. The quantitative estimate of drug-likeness (QED) is 0.917. The summed E-state index contributed by atoms with van der Waals surface area (Å²) in [4.78, 5) is 0. The molecule has 0 saturated heterocycles. The predicted molar refractivity (Wildman–Crippen MR) is 82.1 cm³/mol. The number of halogens is 2. The Hall–Kier alpha value is -1.39. The summed E-state index contributed by atoms with van der Waals surface area (Å²) in [6.45, 7) is 6.25. The maximum Gasteiger partial charge on any atom is 0.123 e. The second-order valence-electron chi connectivity index (χ2n) is 5.64. The zero-order chi connectivity index (χ0) is 15.6. The average molecular weight is 311 g/mol. The predicted octanol–water partition coefficient (Wildman–Crippen LogP) is 3.54. The average Bonchev–Trinajstić information content (AvgIpc) is 2.65. The molecule has 1 aromatic heterocycles. The van der Waals surface area contributed by atoms with Crippen molar-refractivity contribution in [2.45, 2.75) is 45.8 Å². The topological polar surface area (TPSA) is 38.0 Å². The van der Waals surface area contributed by atoms with E-state index in [2.05, 4.69) is 5.10 Å². The molecule has 1 heterocycles. The standard InChI is InChI=1S/C16H20ClFN2O/c1-4-20-14(15(17)11(2)19-20)10-16(3,21)9-12-6-5-7-13(18)8-12/h5-8,21H,4,9-10H2,1-3H3. The molecule has 1 atom stereocenters. The second kappa shape index (κ2) is 6.16. The largest absolute Gasteiger partial charge is 0.389 e. The summed E-state index contributed by atoms with van der Waals surface area (Å²) in [5, 5.41) is 15.6. The Morgan fingerprint density at radius 1 is 1.38 bits per heavy atom. The van der Waals surface area contributed by atoms with Gasteiger partial charge in [-0.15, -0.1) is 0 Å². The molecule has 1 aromatic carbocycles. The van der Waals surface area contributed by atoms with Gasteiger partial charge in [0.05, 0.1) is 22.0 Å². The van der Waals surface area contributed by atoms with Crippen LogP contribution in [0.1, 0.15) is 30.8 Å². The van der Waals surface area contributed by atoms with Gasteiger partial charge in [0.2, 0.25) is 0 Å². The molecule has 2 aromatic rings. The zero-order valence-corrected chi connectivity index (χ0v) is 13.3. The molecule has 5 heteroatoms. The first-order chi connectivity index (χ1) is 9.82. The molecule has 21 heavy (non-hydrogen) atoms. The molecule has 3 nitrogen and oxygen atoms in total. The lowest BCUT2D eigenvalue weighted by molar-refractivity contribution is 0.0586. The maximum absolute atomic E-state index is 13.2. The van der Waals surface area contributed by atoms with Crippen molar-refractivity contribution in [2.24, 2.45) is 0 Å². The van der Waals surface area contributed by atoms with E-state index in [1.54, 1.807) is 17.7 Å². The Labute approximate surface area is 129 Å². The van der Waals surface area contributed by atoms with Gasteiger partial charge in [-0.25, -0.2) is 4.39 Å². The highest BCUT2D eigenvalue weighted by Crippen LogP contribution is 2.26. The van der Waals surface area contributed by atoms with Crippen molar-refractivity contribution < 1.29 is 9.50 Å². The maximum atomic E-state index is 13.2. The van der Waals surface area contributed by atoms with E-state index < -0.39 is 5.60 Å². The lowest BCUT2D eigenvalue weighted by Gasteiger charge is -2.24. The van der Waals surface area contributed by atoms with Crippen LogP contribution >= 0.6 is 11.6 Å². The molecule has 0 radical (unpaired) electrons. The molecule has 114 valence electrons. The third kappa shape index (κ3) is 3.83. The van der Waals surface area contributed by atoms with E-state index in [0.29, 0.717) is 24.4 Å². The molecule has 0 fully saturated rings. The van der Waals surface area contributed by atoms with Gasteiger partial charge in [0.1, 0.15) is 5.82 Å². The van der Waals surface area contributed by atoms with Crippen molar-refractivity contribution in [2.75, 3.05) is 0 Å². The van der Waals surface area contributed by atoms with Crippen LogP contribution in [0.3, 0.4) is 0 Å². The van der Waals surface area contributed by atoms with E-state index in [-0.39, 0.29) is 5.82 Å². The van der Waals surface area contributed by atoms with Crippen molar-refractivity contribution in [3.63, 3.8) is 0 Å². The smallest absolute Gasteiger partial charge is 0.123 e. The van der Waals surface area contributed by atoms with E-state index in [1.807, 2.05) is 19.9 Å². The van der Waals surface area contributed by atoms with Gasteiger partial charge in [-0.05, 0) is 38.5 Å². The number of hydrogen-bond donors (Lipinski definition) is 1. The van der Waals surface area contributed by atoms with E-state index in [9.17, 15) is 9.50 Å². The van der Waals surface area contributed by atoms with Crippen LogP contribution in [0.15, 0.2) is 24.3 Å². The molecule has 1 unspecified atom stereocenters. The first kappa shape index (κ1) is 16.0. The van der Waals surface area contributed by atoms with Crippen LogP contribution in [0.2, 0.25) is 5.02 Å². The van der Waals surface area contributed by atoms with Gasteiger partial charge in [0.25, 0.3) is 0 Å². The zero-order valence-electron chi connectivity index (χ0n) is 12.5. The van der Waals surface area contributed by atoms with Crippen LogP contribution in [0.4, 0.5) is 4.39 Å². The number of aryl methyl sites for hydroxylation is 2. The minimum Gasteiger partial charge on any atom is -0.389 e. The molecule has 1 N–H and O–H groups in total. The van der Waals surface area contributed by atoms with Crippen LogP contribution in [0.25, 0.3) is 0 Å². The Bertz CT molecular complexity index is 637. The van der Waals surface area contributed by atoms with Crippen LogP contribution < -0.4 is 0 Å². The SMILES string of the molecule is CCn1nc(C)c(Cl)c1CC(C)(O)Cc1cccc(F)c1. The van der Waals surface area contributed by atoms with Crippen LogP contribution in [0, 0.1) is 12.7 Å². The molecular formula is C16H20ClFN2O. The third-order valence-electron chi connectivity index (χ3n) is 3.48. The number of aromatic nitrogens is 2. The number of nitrogens with zero attached hydrogens (tertiary/aromatic N) is 2. The lowest BCUT2D eigenvalue weighted by atomic mass is 9.91. The van der Waals surface area contributed by atoms with Gasteiger partial charge in [-0.3, -0.25) is 4.68 Å². The third-order valence-corrected chi connectivity index (χ3v) is 3.97. The Balaban J connectivity index is 2.21. The molecule has 0 aliphatic rings. The number of aliphatic hydroxyl groups is 1.